The lowest BCUT2D eigenvalue weighted by Gasteiger charge is -2.23. The molecule has 0 aliphatic heterocycles. The van der Waals surface area contributed by atoms with E-state index >= 15 is 0 Å². The molecule has 0 spiro atoms. The normalized spacial score (nSPS) is 11.2. The van der Waals surface area contributed by atoms with E-state index in [1.807, 2.05) is 0 Å². The van der Waals surface area contributed by atoms with Gasteiger partial charge in [0.2, 0.25) is 0 Å². The lowest BCUT2D eigenvalue weighted by Crippen LogP contribution is -2.09. The van der Waals surface area contributed by atoms with Gasteiger partial charge in [-0.15, -0.1) is 0 Å². The van der Waals surface area contributed by atoms with E-state index in [1.54, 1.807) is 0 Å². The van der Waals surface area contributed by atoms with Crippen molar-refractivity contribution in [2.75, 3.05) is 0 Å². The summed E-state index contributed by atoms with van der Waals surface area (Å²) in [5, 5.41) is 0. The van der Waals surface area contributed by atoms with Crippen molar-refractivity contribution in [2.24, 2.45) is 0 Å². The molecule has 3 rings (SSSR count). The van der Waals surface area contributed by atoms with Crippen molar-refractivity contribution >= 4 is 0 Å². The minimum atomic E-state index is 0.108. The molecule has 0 N–H and O–H groups in total. The molecule has 0 heterocycles. The molecule has 0 fully saturated rings. The van der Waals surface area contributed by atoms with Gasteiger partial charge >= 0.3 is 0 Å². The molecule has 1 heteroatoms. The van der Waals surface area contributed by atoms with Crippen LogP contribution in [0.2, 0.25) is 0 Å². The number of ether oxygens (including phenoxy) is 1. The van der Waals surface area contributed by atoms with E-state index in [0.717, 1.165) is 5.75 Å². The standard InChI is InChI=1S/C27H32O/c1-16(2)28-27-23(25-19(5)12-17(3)13-20(25)6)10-9-11-24(27)26-21(7)14-18(4)15-22(26)8/h9-16H,1-8H3. The molecular formula is C27H32O. The second-order valence-corrected chi connectivity index (χ2v) is 8.40. The van der Waals surface area contributed by atoms with Crippen molar-refractivity contribution in [1.82, 2.24) is 0 Å². The molecule has 0 amide bonds. The first-order valence-electron chi connectivity index (χ1n) is 10.1. The van der Waals surface area contributed by atoms with Crippen LogP contribution in [0.4, 0.5) is 0 Å². The van der Waals surface area contributed by atoms with Crippen LogP contribution < -0.4 is 4.74 Å². The number of hydrogen-bond donors (Lipinski definition) is 0. The molecule has 0 radical (unpaired) electrons. The Balaban J connectivity index is 2.35. The summed E-state index contributed by atoms with van der Waals surface area (Å²) in [7, 11) is 0. The summed E-state index contributed by atoms with van der Waals surface area (Å²) in [4.78, 5) is 0. The average molecular weight is 373 g/mol. The highest BCUT2D eigenvalue weighted by atomic mass is 16.5. The Labute approximate surface area is 170 Å². The first-order chi connectivity index (χ1) is 13.2. The minimum absolute atomic E-state index is 0.108. The summed E-state index contributed by atoms with van der Waals surface area (Å²) >= 11 is 0. The fourth-order valence-electron chi connectivity index (χ4n) is 4.50. The number of para-hydroxylation sites is 1. The van der Waals surface area contributed by atoms with Crippen LogP contribution >= 0.6 is 0 Å². The molecule has 0 aliphatic rings. The van der Waals surface area contributed by atoms with E-state index in [1.165, 1.54) is 55.6 Å². The molecule has 0 saturated heterocycles. The van der Waals surface area contributed by atoms with Gasteiger partial charge in [-0.3, -0.25) is 0 Å². The van der Waals surface area contributed by atoms with Crippen molar-refractivity contribution in [3.8, 4) is 28.0 Å². The van der Waals surface area contributed by atoms with Crippen LogP contribution in [0.5, 0.6) is 5.75 Å². The predicted octanol–water partition coefficient (Wildman–Crippen LogP) is 7.66. The molecule has 3 aromatic carbocycles. The van der Waals surface area contributed by atoms with Gasteiger partial charge in [0.1, 0.15) is 5.75 Å². The first kappa shape index (κ1) is 20.2. The van der Waals surface area contributed by atoms with Crippen LogP contribution in [0.3, 0.4) is 0 Å². The number of benzene rings is 3. The molecule has 28 heavy (non-hydrogen) atoms. The highest BCUT2D eigenvalue weighted by Crippen LogP contribution is 2.44. The van der Waals surface area contributed by atoms with Crippen LogP contribution in [-0.4, -0.2) is 6.10 Å². The number of aryl methyl sites for hydroxylation is 6. The van der Waals surface area contributed by atoms with Gasteiger partial charge in [0.15, 0.2) is 0 Å². The van der Waals surface area contributed by atoms with Gasteiger partial charge in [-0.2, -0.15) is 0 Å². The van der Waals surface area contributed by atoms with Crippen molar-refractivity contribution in [3.05, 3.63) is 75.8 Å². The lowest BCUT2D eigenvalue weighted by molar-refractivity contribution is 0.244. The van der Waals surface area contributed by atoms with Gasteiger partial charge in [-0.1, -0.05) is 53.6 Å². The fourth-order valence-corrected chi connectivity index (χ4v) is 4.50. The van der Waals surface area contributed by atoms with Gasteiger partial charge in [0.25, 0.3) is 0 Å². The highest BCUT2D eigenvalue weighted by molar-refractivity contribution is 5.87. The van der Waals surface area contributed by atoms with Crippen LogP contribution in [0, 0.1) is 41.5 Å². The summed E-state index contributed by atoms with van der Waals surface area (Å²) in [6.07, 6.45) is 0.108. The maximum atomic E-state index is 6.47. The van der Waals surface area contributed by atoms with E-state index < -0.39 is 0 Å². The molecule has 0 saturated carbocycles. The average Bonchev–Trinajstić information content (AvgIpc) is 2.55. The smallest absolute Gasteiger partial charge is 0.135 e. The molecule has 0 atom stereocenters. The quantitative estimate of drug-likeness (QED) is 0.457. The molecule has 0 aliphatic carbocycles. The Morgan fingerprint density at radius 3 is 1.29 bits per heavy atom. The summed E-state index contributed by atoms with van der Waals surface area (Å²) < 4.78 is 6.47. The van der Waals surface area contributed by atoms with Gasteiger partial charge in [0.05, 0.1) is 6.10 Å². The molecule has 0 unspecified atom stereocenters. The van der Waals surface area contributed by atoms with Crippen LogP contribution in [0.1, 0.15) is 47.2 Å². The second-order valence-electron chi connectivity index (χ2n) is 8.40. The summed E-state index contributed by atoms with van der Waals surface area (Å²) in [5.74, 6) is 0.989. The maximum Gasteiger partial charge on any atom is 0.135 e. The largest absolute Gasteiger partial charge is 0.490 e. The number of hydrogen-bond acceptors (Lipinski definition) is 1. The Morgan fingerprint density at radius 1 is 0.607 bits per heavy atom. The first-order valence-corrected chi connectivity index (χ1v) is 10.1. The third kappa shape index (κ3) is 3.85. The summed E-state index contributed by atoms with van der Waals surface area (Å²) in [5.41, 5.74) is 12.7. The number of rotatable bonds is 4. The zero-order valence-corrected chi connectivity index (χ0v) is 18.5. The van der Waals surface area contributed by atoms with Crippen molar-refractivity contribution in [1.29, 1.82) is 0 Å². The summed E-state index contributed by atoms with van der Waals surface area (Å²) in [6, 6.07) is 15.6. The van der Waals surface area contributed by atoms with Crippen molar-refractivity contribution < 1.29 is 4.74 Å². The topological polar surface area (TPSA) is 9.23 Å². The zero-order chi connectivity index (χ0) is 20.6. The second kappa shape index (κ2) is 7.83. The van der Waals surface area contributed by atoms with E-state index in [-0.39, 0.29) is 6.10 Å². The van der Waals surface area contributed by atoms with E-state index in [9.17, 15) is 0 Å². The molecular weight excluding hydrogens is 340 g/mol. The third-order valence-electron chi connectivity index (χ3n) is 5.26. The zero-order valence-electron chi connectivity index (χ0n) is 18.5. The molecule has 0 bridgehead atoms. The summed E-state index contributed by atoms with van der Waals surface area (Å²) in [6.45, 7) is 17.3. The predicted molar refractivity (Wildman–Crippen MR) is 122 cm³/mol. The molecule has 146 valence electrons. The lowest BCUT2D eigenvalue weighted by atomic mass is 9.88. The van der Waals surface area contributed by atoms with Crippen molar-refractivity contribution in [3.63, 3.8) is 0 Å². The SMILES string of the molecule is Cc1cc(C)c(-c2cccc(-c3c(C)cc(C)cc3C)c2OC(C)C)c(C)c1. The minimum Gasteiger partial charge on any atom is -0.490 e. The monoisotopic (exact) mass is 372 g/mol. The van der Waals surface area contributed by atoms with E-state index in [2.05, 4.69) is 97.9 Å². The molecule has 3 aromatic rings. The Bertz CT molecular complexity index is 903. The maximum absolute atomic E-state index is 6.47. The molecule has 0 aromatic heterocycles. The van der Waals surface area contributed by atoms with Crippen molar-refractivity contribution in [2.45, 2.75) is 61.5 Å². The van der Waals surface area contributed by atoms with E-state index in [0.29, 0.717) is 0 Å². The van der Waals surface area contributed by atoms with Crippen LogP contribution in [-0.2, 0) is 0 Å². The van der Waals surface area contributed by atoms with Crippen LogP contribution in [0.25, 0.3) is 22.3 Å². The van der Waals surface area contributed by atoms with Crippen LogP contribution in [0.15, 0.2) is 42.5 Å². The highest BCUT2D eigenvalue weighted by Gasteiger charge is 2.19. The Hall–Kier alpha value is -2.54. The van der Waals surface area contributed by atoms with Gasteiger partial charge < -0.3 is 4.74 Å². The van der Waals surface area contributed by atoms with E-state index in [4.69, 9.17) is 4.74 Å². The Kier molecular flexibility index (Phi) is 5.65. The Morgan fingerprint density at radius 2 is 0.964 bits per heavy atom. The third-order valence-corrected chi connectivity index (χ3v) is 5.26. The van der Waals surface area contributed by atoms with Gasteiger partial charge in [-0.25, -0.2) is 0 Å². The van der Waals surface area contributed by atoms with Gasteiger partial charge in [-0.05, 0) is 88.8 Å². The molecule has 1 nitrogen and oxygen atoms in total. The van der Waals surface area contributed by atoms with Gasteiger partial charge in [0, 0.05) is 11.1 Å². The fraction of sp³-hybridized carbons (Fsp3) is 0.333.